The normalized spacial score (nSPS) is 15.3. The van der Waals surface area contributed by atoms with Crippen molar-refractivity contribution in [1.29, 1.82) is 0 Å². The molecule has 0 aromatic rings. The monoisotopic (exact) mass is 754 g/mol. The Bertz CT molecular complexity index is 1370. The molecule has 1 aliphatic rings. The lowest BCUT2D eigenvalue weighted by atomic mass is 9.99. The fraction of sp³-hybridized carbons (Fsp3) is 0.677. The maximum Gasteiger partial charge on any atom is 0.322 e. The van der Waals surface area contributed by atoms with Crippen LogP contribution in [0.25, 0.3) is 0 Å². The van der Waals surface area contributed by atoms with Crippen LogP contribution in [0.1, 0.15) is 53.4 Å². The molecule has 1 saturated heterocycles. The molecule has 298 valence electrons. The summed E-state index contributed by atoms with van der Waals surface area (Å²) in [4.78, 5) is 117. The number of carboxylic acid groups (broad SMARTS) is 1. The molecular formula is C31H54N12O10. The second-order valence-corrected chi connectivity index (χ2v) is 12.9. The summed E-state index contributed by atoms with van der Waals surface area (Å²) in [6, 6.07) is -4.31. The summed E-state index contributed by atoms with van der Waals surface area (Å²) in [5, 5.41) is 25.5. The molecule has 14 N–H and O–H groups in total. The van der Waals surface area contributed by atoms with Gasteiger partial charge >= 0.3 is 5.97 Å². The fourth-order valence-corrected chi connectivity index (χ4v) is 5.08. The summed E-state index contributed by atoms with van der Waals surface area (Å²) in [6.07, 6.45) is 1.28. The number of guanidine groups is 1. The first-order valence-corrected chi connectivity index (χ1v) is 17.1. The summed E-state index contributed by atoms with van der Waals surface area (Å²) in [6.45, 7) is 4.59. The molecule has 22 nitrogen and oxygen atoms in total. The Balaban J connectivity index is 2.92. The predicted octanol–water partition coefficient (Wildman–Crippen LogP) is -5.69. The van der Waals surface area contributed by atoms with Gasteiger partial charge in [-0.1, -0.05) is 27.7 Å². The Morgan fingerprint density at radius 2 is 1.28 bits per heavy atom. The second-order valence-electron chi connectivity index (χ2n) is 12.9. The number of carbonyl (C=O) groups excluding carboxylic acids is 8. The van der Waals surface area contributed by atoms with E-state index in [0.717, 1.165) is 0 Å². The predicted molar refractivity (Wildman–Crippen MR) is 189 cm³/mol. The summed E-state index contributed by atoms with van der Waals surface area (Å²) in [7, 11) is 0. The van der Waals surface area contributed by atoms with Gasteiger partial charge in [-0.3, -0.25) is 48.1 Å². The largest absolute Gasteiger partial charge is 0.480 e. The van der Waals surface area contributed by atoms with Crippen molar-refractivity contribution in [3.05, 3.63) is 0 Å². The van der Waals surface area contributed by atoms with Crippen molar-refractivity contribution < 1.29 is 48.3 Å². The van der Waals surface area contributed by atoms with Crippen LogP contribution < -0.4 is 54.4 Å². The van der Waals surface area contributed by atoms with Crippen LogP contribution in [0.2, 0.25) is 0 Å². The summed E-state index contributed by atoms with van der Waals surface area (Å²) in [5.41, 5.74) is 16.2. The average molecular weight is 755 g/mol. The number of aliphatic carboxylic acids is 1. The lowest BCUT2D eigenvalue weighted by molar-refractivity contribution is -0.138. The van der Waals surface area contributed by atoms with Gasteiger partial charge in [-0.05, 0) is 37.5 Å². The van der Waals surface area contributed by atoms with E-state index >= 15 is 0 Å². The Labute approximate surface area is 306 Å². The van der Waals surface area contributed by atoms with Crippen molar-refractivity contribution in [2.45, 2.75) is 77.5 Å². The third-order valence-corrected chi connectivity index (χ3v) is 7.87. The summed E-state index contributed by atoms with van der Waals surface area (Å²) < 4.78 is 0. The van der Waals surface area contributed by atoms with Gasteiger partial charge in [0.15, 0.2) is 5.96 Å². The van der Waals surface area contributed by atoms with Crippen molar-refractivity contribution in [1.82, 2.24) is 42.1 Å². The number of carbonyl (C=O) groups is 9. The number of hydrogen-bond donors (Lipinski definition) is 11. The van der Waals surface area contributed by atoms with Crippen LogP contribution in [0.4, 0.5) is 0 Å². The van der Waals surface area contributed by atoms with Gasteiger partial charge in [-0.15, -0.1) is 0 Å². The zero-order valence-electron chi connectivity index (χ0n) is 30.5. The van der Waals surface area contributed by atoms with E-state index in [1.165, 1.54) is 4.90 Å². The smallest absolute Gasteiger partial charge is 0.322 e. The molecule has 0 radical (unpaired) electrons. The number of likely N-dealkylation sites (tertiary alicyclic amines) is 1. The average Bonchev–Trinajstić information content (AvgIpc) is 3.59. The third kappa shape index (κ3) is 17.0. The highest BCUT2D eigenvalue weighted by Gasteiger charge is 2.35. The van der Waals surface area contributed by atoms with E-state index in [0.29, 0.717) is 19.4 Å². The standard InChI is InChI=1S/C31H54N12O10/c1-16(2)25(29(52)39-13-21(45)36-12-20(44)37-15-24(48)49)42-30(53)26(17(3)4)41-27(50)18(7-5-9-35-31(33)34)40-22(46)14-38-28(51)19-8-6-10-43(19)23(47)11-32/h16-19,25-26H,5-15,32H2,1-4H3,(H,36,45)(H,37,44)(H,38,51)(H,39,52)(H,40,46)(H,41,50)(H,42,53)(H,48,49)(H4,33,34,35)/t18-,19-,25-,26-/m0/s1. The maximum absolute atomic E-state index is 13.5. The number of nitrogens with zero attached hydrogens (tertiary/aromatic N) is 2. The topological polar surface area (TPSA) is 352 Å². The van der Waals surface area contributed by atoms with Gasteiger partial charge in [0.2, 0.25) is 47.3 Å². The highest BCUT2D eigenvalue weighted by Crippen LogP contribution is 2.17. The molecule has 0 spiro atoms. The van der Waals surface area contributed by atoms with Crippen molar-refractivity contribution in [3.8, 4) is 0 Å². The van der Waals surface area contributed by atoms with Gasteiger partial charge in [0, 0.05) is 13.1 Å². The van der Waals surface area contributed by atoms with E-state index < -0.39 is 115 Å². The van der Waals surface area contributed by atoms with Gasteiger partial charge in [0.25, 0.3) is 0 Å². The quantitative estimate of drug-likeness (QED) is 0.0279. The molecule has 0 aromatic carbocycles. The molecule has 0 bridgehead atoms. The van der Waals surface area contributed by atoms with Crippen molar-refractivity contribution in [2.75, 3.05) is 45.8 Å². The van der Waals surface area contributed by atoms with E-state index in [1.807, 2.05) is 0 Å². The second kappa shape index (κ2) is 23.1. The van der Waals surface area contributed by atoms with Crippen LogP contribution in [0.15, 0.2) is 4.99 Å². The molecule has 0 saturated carbocycles. The van der Waals surface area contributed by atoms with E-state index in [4.69, 9.17) is 22.3 Å². The number of carboxylic acids is 1. The Hall–Kier alpha value is -5.54. The molecule has 1 rings (SSSR count). The number of nitrogens with two attached hydrogens (primary N) is 3. The molecule has 0 unspecified atom stereocenters. The minimum atomic E-state index is -1.27. The number of rotatable bonds is 22. The van der Waals surface area contributed by atoms with Crippen LogP contribution >= 0.6 is 0 Å². The minimum Gasteiger partial charge on any atom is -0.480 e. The van der Waals surface area contributed by atoms with Crippen molar-refractivity contribution >= 4 is 59.2 Å². The fourth-order valence-electron chi connectivity index (χ4n) is 5.08. The number of amides is 8. The minimum absolute atomic E-state index is 0.0381. The third-order valence-electron chi connectivity index (χ3n) is 7.87. The van der Waals surface area contributed by atoms with Gasteiger partial charge in [0.1, 0.15) is 30.7 Å². The SMILES string of the molecule is CC(C)[C@H](NC(=O)[C@H](CCCN=C(N)N)NC(=O)CNC(=O)[C@@H]1CCCN1C(=O)CN)C(=O)N[C@H](C(=O)NCC(=O)NCC(=O)NCC(=O)O)C(C)C. The highest BCUT2D eigenvalue weighted by atomic mass is 16.4. The zero-order chi connectivity index (χ0) is 40.2. The van der Waals surface area contributed by atoms with Crippen LogP contribution in [0.5, 0.6) is 0 Å². The lowest BCUT2D eigenvalue weighted by Crippen LogP contribution is -2.59. The summed E-state index contributed by atoms with van der Waals surface area (Å²) >= 11 is 0. The lowest BCUT2D eigenvalue weighted by Gasteiger charge is -2.28. The Morgan fingerprint density at radius 1 is 0.736 bits per heavy atom. The molecule has 0 aliphatic carbocycles. The van der Waals surface area contributed by atoms with Crippen molar-refractivity contribution in [2.24, 2.45) is 34.0 Å². The molecule has 8 amide bonds. The van der Waals surface area contributed by atoms with Crippen LogP contribution in [-0.2, 0) is 43.2 Å². The van der Waals surface area contributed by atoms with E-state index in [2.05, 4.69) is 42.2 Å². The van der Waals surface area contributed by atoms with E-state index in [1.54, 1.807) is 27.7 Å². The van der Waals surface area contributed by atoms with Gasteiger partial charge < -0.3 is 64.4 Å². The first kappa shape index (κ1) is 45.5. The molecule has 1 aliphatic heterocycles. The van der Waals surface area contributed by atoms with Crippen LogP contribution in [0, 0.1) is 11.8 Å². The van der Waals surface area contributed by atoms with Crippen LogP contribution in [-0.4, -0.2) is 139 Å². The Kier molecular flexibility index (Phi) is 19.8. The summed E-state index contributed by atoms with van der Waals surface area (Å²) in [5.74, 6) is -7.78. The van der Waals surface area contributed by atoms with Gasteiger partial charge in [0.05, 0.1) is 26.2 Å². The van der Waals surface area contributed by atoms with E-state index in [9.17, 15) is 43.2 Å². The number of hydrogen-bond acceptors (Lipinski definition) is 11. The van der Waals surface area contributed by atoms with Gasteiger partial charge in [-0.2, -0.15) is 0 Å². The van der Waals surface area contributed by atoms with Gasteiger partial charge in [-0.25, -0.2) is 0 Å². The van der Waals surface area contributed by atoms with Crippen molar-refractivity contribution in [3.63, 3.8) is 0 Å². The molecule has 1 fully saturated rings. The Morgan fingerprint density at radius 3 is 1.85 bits per heavy atom. The number of aliphatic imine (C=N–C) groups is 1. The number of nitrogens with one attached hydrogen (secondary N) is 7. The first-order valence-electron chi connectivity index (χ1n) is 17.1. The highest BCUT2D eigenvalue weighted by molar-refractivity contribution is 5.96. The molecule has 22 heteroatoms. The molecule has 4 atom stereocenters. The molecule has 1 heterocycles. The van der Waals surface area contributed by atoms with E-state index in [-0.39, 0.29) is 31.9 Å². The molecule has 0 aromatic heterocycles. The first-order chi connectivity index (χ1) is 24.9. The van der Waals surface area contributed by atoms with Crippen LogP contribution in [0.3, 0.4) is 0 Å². The molecular weight excluding hydrogens is 700 g/mol. The maximum atomic E-state index is 13.5. The molecule has 53 heavy (non-hydrogen) atoms. The zero-order valence-corrected chi connectivity index (χ0v) is 30.5.